The van der Waals surface area contributed by atoms with Crippen LogP contribution in [-0.2, 0) is 11.2 Å². The third-order valence-corrected chi connectivity index (χ3v) is 5.80. The van der Waals surface area contributed by atoms with Crippen LogP contribution >= 0.6 is 0 Å². The quantitative estimate of drug-likeness (QED) is 0.458. The lowest BCUT2D eigenvalue weighted by molar-refractivity contribution is -0.115. The van der Waals surface area contributed by atoms with Gasteiger partial charge in [0.2, 0.25) is 5.91 Å². The van der Waals surface area contributed by atoms with Crippen molar-refractivity contribution in [2.45, 2.75) is 34.1 Å². The molecule has 2 aromatic heterocycles. The number of nitrogens with one attached hydrogen (secondary N) is 1. The molecule has 8 heteroatoms. The second-order valence-corrected chi connectivity index (χ2v) is 7.92. The Hall–Kier alpha value is -3.94. The topological polar surface area (TPSA) is 93.3 Å². The minimum Gasteiger partial charge on any atom is -0.356 e. The van der Waals surface area contributed by atoms with Crippen molar-refractivity contribution in [2.75, 3.05) is 18.4 Å². The van der Waals surface area contributed by atoms with Gasteiger partial charge in [-0.15, -0.1) is 0 Å². The lowest BCUT2D eigenvalue weighted by Gasteiger charge is -2.19. The van der Waals surface area contributed by atoms with Crippen LogP contribution in [0.25, 0.3) is 16.7 Å². The maximum absolute atomic E-state index is 13.1. The second-order valence-electron chi connectivity index (χ2n) is 7.92. The van der Waals surface area contributed by atoms with Gasteiger partial charge in [0.25, 0.3) is 5.91 Å². The Morgan fingerprint density at radius 1 is 1.06 bits per heavy atom. The molecule has 2 aromatic carbocycles. The van der Waals surface area contributed by atoms with E-state index in [1.54, 1.807) is 9.58 Å². The molecule has 0 aliphatic heterocycles. The number of benzene rings is 2. The average Bonchev–Trinajstić information content (AvgIpc) is 3.39. The smallest absolute Gasteiger partial charge is 0.259 e. The third-order valence-electron chi connectivity index (χ3n) is 5.80. The Kier molecular flexibility index (Phi) is 6.26. The molecule has 2 amide bonds. The van der Waals surface area contributed by atoms with Gasteiger partial charge >= 0.3 is 0 Å². The maximum atomic E-state index is 13.1. The van der Waals surface area contributed by atoms with E-state index in [9.17, 15) is 9.59 Å². The molecule has 0 radical (unpaired) electrons. The van der Waals surface area contributed by atoms with Crippen molar-refractivity contribution >= 4 is 28.6 Å². The van der Waals surface area contributed by atoms with Crippen LogP contribution in [0.2, 0.25) is 0 Å². The summed E-state index contributed by atoms with van der Waals surface area (Å²) in [6.07, 6.45) is 1.51. The number of carbonyl (C=O) groups excluding carboxylic acids is 2. The van der Waals surface area contributed by atoms with Crippen LogP contribution in [0.1, 0.15) is 41.0 Å². The van der Waals surface area contributed by atoms with Gasteiger partial charge in [0.1, 0.15) is 17.1 Å². The summed E-state index contributed by atoms with van der Waals surface area (Å²) in [4.78, 5) is 27.9. The van der Waals surface area contributed by atoms with Gasteiger partial charge in [-0.1, -0.05) is 23.4 Å². The van der Waals surface area contributed by atoms with E-state index in [4.69, 9.17) is 4.52 Å². The second kappa shape index (κ2) is 9.28. The molecule has 1 N–H and O–H groups in total. The summed E-state index contributed by atoms with van der Waals surface area (Å²) in [5.41, 5.74) is 4.47. The number of nitrogens with zero attached hydrogens (tertiary/aromatic N) is 4. The molecule has 0 aliphatic carbocycles. The highest BCUT2D eigenvalue weighted by Crippen LogP contribution is 2.25. The van der Waals surface area contributed by atoms with Crippen molar-refractivity contribution in [3.05, 3.63) is 71.0 Å². The van der Waals surface area contributed by atoms with Crippen molar-refractivity contribution in [3.8, 4) is 5.69 Å². The SMILES string of the molecule is CCN(CC)C(=O)c1cnn(-c2ccccc2)c1NC(=O)Cc1noc2cc(C)c(C)cc12. The predicted molar refractivity (Wildman–Crippen MR) is 127 cm³/mol. The number of hydrogen-bond acceptors (Lipinski definition) is 5. The number of aryl methyl sites for hydroxylation is 2. The van der Waals surface area contributed by atoms with Gasteiger partial charge in [0.05, 0.1) is 18.3 Å². The van der Waals surface area contributed by atoms with Crippen LogP contribution in [-0.4, -0.2) is 44.7 Å². The zero-order chi connectivity index (χ0) is 23.5. The molecule has 170 valence electrons. The average molecular weight is 446 g/mol. The number of carbonyl (C=O) groups is 2. The Bertz CT molecular complexity index is 1300. The van der Waals surface area contributed by atoms with Gasteiger partial charge in [-0.2, -0.15) is 5.10 Å². The van der Waals surface area contributed by atoms with E-state index in [1.807, 2.05) is 70.2 Å². The standard InChI is InChI=1S/C25H27N5O3/c1-5-29(6-2)25(32)20-15-26-30(18-10-8-7-9-11-18)24(20)27-23(31)14-21-19-12-16(3)17(4)13-22(19)33-28-21/h7-13,15H,5-6,14H2,1-4H3,(H,27,31). The number of para-hydroxylation sites is 1. The summed E-state index contributed by atoms with van der Waals surface area (Å²) >= 11 is 0. The molecule has 0 bridgehead atoms. The first-order valence-electron chi connectivity index (χ1n) is 11.0. The number of amides is 2. The number of rotatable bonds is 7. The van der Waals surface area contributed by atoms with Crippen LogP contribution in [0.4, 0.5) is 5.82 Å². The monoisotopic (exact) mass is 445 g/mol. The molecule has 4 rings (SSSR count). The van der Waals surface area contributed by atoms with E-state index in [-0.39, 0.29) is 18.2 Å². The first kappa shape index (κ1) is 22.3. The molecule has 0 saturated carbocycles. The van der Waals surface area contributed by atoms with E-state index in [1.165, 1.54) is 6.20 Å². The largest absolute Gasteiger partial charge is 0.356 e. The van der Waals surface area contributed by atoms with Crippen molar-refractivity contribution in [1.29, 1.82) is 0 Å². The molecule has 0 aliphatic rings. The van der Waals surface area contributed by atoms with E-state index < -0.39 is 0 Å². The van der Waals surface area contributed by atoms with Crippen molar-refractivity contribution in [3.63, 3.8) is 0 Å². The van der Waals surface area contributed by atoms with Gasteiger partial charge in [-0.3, -0.25) is 9.59 Å². The number of fused-ring (bicyclic) bond motifs is 1. The molecule has 0 fully saturated rings. The summed E-state index contributed by atoms with van der Waals surface area (Å²) < 4.78 is 7.00. The van der Waals surface area contributed by atoms with Crippen molar-refractivity contribution in [1.82, 2.24) is 19.8 Å². The molecule has 33 heavy (non-hydrogen) atoms. The summed E-state index contributed by atoms with van der Waals surface area (Å²) in [5, 5.41) is 12.2. The fourth-order valence-corrected chi connectivity index (χ4v) is 3.77. The molecular formula is C25H27N5O3. The van der Waals surface area contributed by atoms with Gasteiger partial charge in [0, 0.05) is 18.5 Å². The van der Waals surface area contributed by atoms with Crippen LogP contribution in [0.3, 0.4) is 0 Å². The molecule has 8 nitrogen and oxygen atoms in total. The van der Waals surface area contributed by atoms with E-state index in [2.05, 4.69) is 15.6 Å². The molecule has 0 spiro atoms. The highest BCUT2D eigenvalue weighted by atomic mass is 16.5. The minimum absolute atomic E-state index is 0.00830. The lowest BCUT2D eigenvalue weighted by atomic mass is 10.1. The Labute approximate surface area is 192 Å². The Balaban J connectivity index is 1.67. The first-order chi connectivity index (χ1) is 15.9. The molecule has 4 aromatic rings. The van der Waals surface area contributed by atoms with Crippen LogP contribution < -0.4 is 5.32 Å². The maximum Gasteiger partial charge on any atom is 0.259 e. The van der Waals surface area contributed by atoms with Gasteiger partial charge in [0.15, 0.2) is 5.58 Å². The molecule has 2 heterocycles. The summed E-state index contributed by atoms with van der Waals surface area (Å²) in [6, 6.07) is 13.3. The summed E-state index contributed by atoms with van der Waals surface area (Å²) in [7, 11) is 0. The van der Waals surface area contributed by atoms with Crippen molar-refractivity contribution < 1.29 is 14.1 Å². The lowest BCUT2D eigenvalue weighted by Crippen LogP contribution is -2.31. The molecule has 0 atom stereocenters. The van der Waals surface area contributed by atoms with Crippen molar-refractivity contribution in [2.24, 2.45) is 0 Å². The van der Waals surface area contributed by atoms with Crippen LogP contribution in [0.5, 0.6) is 0 Å². The van der Waals surface area contributed by atoms with E-state index in [0.717, 1.165) is 22.2 Å². The molecular weight excluding hydrogens is 418 g/mol. The number of aromatic nitrogens is 3. The van der Waals surface area contributed by atoms with Gasteiger partial charge < -0.3 is 14.7 Å². The number of hydrogen-bond donors (Lipinski definition) is 1. The third kappa shape index (κ3) is 4.37. The van der Waals surface area contributed by atoms with Gasteiger partial charge in [-0.25, -0.2) is 4.68 Å². The summed E-state index contributed by atoms with van der Waals surface area (Å²) in [6.45, 7) is 8.96. The zero-order valence-electron chi connectivity index (χ0n) is 19.3. The fraction of sp³-hybridized carbons (Fsp3) is 0.280. The predicted octanol–water partition coefficient (Wildman–Crippen LogP) is 4.29. The Morgan fingerprint density at radius 2 is 1.76 bits per heavy atom. The molecule has 0 saturated heterocycles. The zero-order valence-corrected chi connectivity index (χ0v) is 19.3. The highest BCUT2D eigenvalue weighted by molar-refractivity contribution is 6.03. The van der Waals surface area contributed by atoms with Crippen LogP contribution in [0, 0.1) is 13.8 Å². The van der Waals surface area contributed by atoms with E-state index >= 15 is 0 Å². The minimum atomic E-state index is -0.310. The Morgan fingerprint density at radius 3 is 2.45 bits per heavy atom. The fourth-order valence-electron chi connectivity index (χ4n) is 3.77. The number of anilines is 1. The van der Waals surface area contributed by atoms with Crippen LogP contribution in [0.15, 0.2) is 53.2 Å². The summed E-state index contributed by atoms with van der Waals surface area (Å²) in [5.74, 6) is -0.159. The molecule has 0 unspecified atom stereocenters. The highest BCUT2D eigenvalue weighted by Gasteiger charge is 2.24. The van der Waals surface area contributed by atoms with E-state index in [0.29, 0.717) is 35.7 Å². The van der Waals surface area contributed by atoms with Gasteiger partial charge in [-0.05, 0) is 63.1 Å². The normalized spacial score (nSPS) is 11.0. The first-order valence-corrected chi connectivity index (χ1v) is 11.0.